The number of fused-ring (bicyclic) bond motifs is 1. The quantitative estimate of drug-likeness (QED) is 0.521. The summed E-state index contributed by atoms with van der Waals surface area (Å²) < 4.78 is 0. The van der Waals surface area contributed by atoms with Gasteiger partial charge in [-0.05, 0) is 37.0 Å². The molecule has 3 aromatic rings. The largest absolute Gasteiger partial charge is 0.294 e. The average molecular weight is 359 g/mol. The lowest BCUT2D eigenvalue weighted by Gasteiger charge is -2.12. The third-order valence-electron chi connectivity index (χ3n) is 4.94. The van der Waals surface area contributed by atoms with E-state index in [1.807, 2.05) is 56.3 Å². The van der Waals surface area contributed by atoms with Gasteiger partial charge in [0.05, 0.1) is 5.52 Å². The van der Waals surface area contributed by atoms with E-state index in [4.69, 9.17) is 0 Å². The molecule has 0 aliphatic heterocycles. The molecule has 0 atom stereocenters. The van der Waals surface area contributed by atoms with Crippen molar-refractivity contribution in [1.82, 2.24) is 4.98 Å². The van der Waals surface area contributed by atoms with Gasteiger partial charge in [0.25, 0.3) is 0 Å². The van der Waals surface area contributed by atoms with Crippen LogP contribution in [0.3, 0.4) is 0 Å². The zero-order valence-electron chi connectivity index (χ0n) is 16.4. The van der Waals surface area contributed by atoms with Gasteiger partial charge in [-0.15, -0.1) is 0 Å². The fraction of sp³-hybridized carbons (Fsp3) is 0.292. The van der Waals surface area contributed by atoms with Crippen molar-refractivity contribution in [3.63, 3.8) is 0 Å². The fourth-order valence-corrected chi connectivity index (χ4v) is 3.29. The van der Waals surface area contributed by atoms with E-state index in [1.165, 1.54) is 0 Å². The number of nitrogens with zero attached hydrogens (tertiary/aromatic N) is 1. The highest BCUT2D eigenvalue weighted by Crippen LogP contribution is 2.27. The maximum absolute atomic E-state index is 12.7. The Bertz CT molecular complexity index is 1000. The lowest BCUT2D eigenvalue weighted by Crippen LogP contribution is -2.08. The van der Waals surface area contributed by atoms with Gasteiger partial charge in [-0.2, -0.15) is 0 Å². The van der Waals surface area contributed by atoms with Crippen molar-refractivity contribution >= 4 is 22.5 Å². The molecule has 3 heteroatoms. The Morgan fingerprint density at radius 1 is 0.926 bits per heavy atom. The fourth-order valence-electron chi connectivity index (χ4n) is 3.29. The molecule has 27 heavy (non-hydrogen) atoms. The van der Waals surface area contributed by atoms with Gasteiger partial charge in [-0.1, -0.05) is 61.9 Å². The van der Waals surface area contributed by atoms with Gasteiger partial charge in [-0.25, -0.2) is 4.98 Å². The summed E-state index contributed by atoms with van der Waals surface area (Å²) >= 11 is 0. The van der Waals surface area contributed by atoms with Gasteiger partial charge >= 0.3 is 0 Å². The van der Waals surface area contributed by atoms with E-state index in [2.05, 4.69) is 24.9 Å². The molecular weight excluding hydrogens is 334 g/mol. The number of hydrogen-bond acceptors (Lipinski definition) is 3. The van der Waals surface area contributed by atoms with Crippen molar-refractivity contribution in [3.05, 3.63) is 76.5 Å². The molecule has 0 N–H and O–H groups in total. The summed E-state index contributed by atoms with van der Waals surface area (Å²) in [6.07, 6.45) is 0.376. The normalized spacial score (nSPS) is 11.1. The minimum atomic E-state index is -0.0842. The Kier molecular flexibility index (Phi) is 5.50. The zero-order chi connectivity index (χ0) is 19.6. The summed E-state index contributed by atoms with van der Waals surface area (Å²) in [6.45, 7) is 8.24. The molecule has 138 valence electrons. The second-order valence-corrected chi connectivity index (χ2v) is 7.43. The Balaban J connectivity index is 1.82. The standard InChI is InChI=1S/C24H25NO2/c1-15(2)19-6-5-7-20-17(4)14-21(25-24(19)20)23(27)13-12-22(26)18-10-8-16(3)9-11-18/h5-11,14-15H,12-13H2,1-4H3. The number of rotatable bonds is 6. The molecule has 0 aliphatic rings. The highest BCUT2D eigenvalue weighted by Gasteiger charge is 2.15. The molecule has 3 nitrogen and oxygen atoms in total. The van der Waals surface area contributed by atoms with Gasteiger partial charge in [0, 0.05) is 23.8 Å². The molecular formula is C24H25NO2. The smallest absolute Gasteiger partial charge is 0.181 e. The van der Waals surface area contributed by atoms with Crippen LogP contribution in [-0.2, 0) is 0 Å². The van der Waals surface area contributed by atoms with Crippen LogP contribution < -0.4 is 0 Å². The van der Waals surface area contributed by atoms with Gasteiger partial charge in [0.2, 0.25) is 0 Å². The van der Waals surface area contributed by atoms with E-state index >= 15 is 0 Å². The van der Waals surface area contributed by atoms with Crippen LogP contribution in [0.2, 0.25) is 0 Å². The molecule has 0 aliphatic carbocycles. The van der Waals surface area contributed by atoms with Crippen LogP contribution in [0.4, 0.5) is 0 Å². The summed E-state index contributed by atoms with van der Waals surface area (Å²) in [7, 11) is 0. The lowest BCUT2D eigenvalue weighted by atomic mass is 9.96. The van der Waals surface area contributed by atoms with Gasteiger partial charge < -0.3 is 0 Å². The summed E-state index contributed by atoms with van der Waals surface area (Å²) in [5.74, 6) is 0.233. The van der Waals surface area contributed by atoms with Gasteiger partial charge in [0.1, 0.15) is 5.69 Å². The third-order valence-corrected chi connectivity index (χ3v) is 4.94. The summed E-state index contributed by atoms with van der Waals surface area (Å²) in [5, 5.41) is 1.08. The van der Waals surface area contributed by atoms with Crippen LogP contribution in [0.5, 0.6) is 0 Å². The number of hydrogen-bond donors (Lipinski definition) is 0. The molecule has 0 radical (unpaired) electrons. The average Bonchev–Trinajstić information content (AvgIpc) is 2.65. The van der Waals surface area contributed by atoms with E-state index in [0.717, 1.165) is 27.6 Å². The van der Waals surface area contributed by atoms with E-state index in [0.29, 0.717) is 17.2 Å². The predicted molar refractivity (Wildman–Crippen MR) is 110 cm³/mol. The number of aryl methyl sites for hydroxylation is 2. The van der Waals surface area contributed by atoms with Gasteiger partial charge in [-0.3, -0.25) is 9.59 Å². The Labute approximate surface area is 160 Å². The van der Waals surface area contributed by atoms with Crippen LogP contribution in [0, 0.1) is 13.8 Å². The van der Waals surface area contributed by atoms with Crippen molar-refractivity contribution in [1.29, 1.82) is 0 Å². The van der Waals surface area contributed by atoms with Crippen LogP contribution >= 0.6 is 0 Å². The molecule has 1 aromatic heterocycles. The second kappa shape index (κ2) is 7.83. The molecule has 0 amide bonds. The maximum Gasteiger partial charge on any atom is 0.181 e. The van der Waals surface area contributed by atoms with Crippen molar-refractivity contribution in [3.8, 4) is 0 Å². The third kappa shape index (κ3) is 4.13. The number of pyridine rings is 1. The molecule has 0 saturated heterocycles. The van der Waals surface area contributed by atoms with Crippen LogP contribution in [0.1, 0.15) is 70.1 Å². The highest BCUT2D eigenvalue weighted by atomic mass is 16.1. The molecule has 0 saturated carbocycles. The SMILES string of the molecule is Cc1ccc(C(=O)CCC(=O)c2cc(C)c3cccc(C(C)C)c3n2)cc1. The zero-order valence-corrected chi connectivity index (χ0v) is 16.4. The summed E-state index contributed by atoms with van der Waals surface area (Å²) in [6, 6.07) is 15.4. The first-order valence-corrected chi connectivity index (χ1v) is 9.40. The molecule has 1 heterocycles. The first-order chi connectivity index (χ1) is 12.9. The van der Waals surface area contributed by atoms with E-state index < -0.39 is 0 Å². The lowest BCUT2D eigenvalue weighted by molar-refractivity contribution is 0.0915. The van der Waals surface area contributed by atoms with Crippen molar-refractivity contribution < 1.29 is 9.59 Å². The van der Waals surface area contributed by atoms with Crippen molar-refractivity contribution in [2.24, 2.45) is 0 Å². The van der Waals surface area contributed by atoms with Crippen LogP contribution in [0.15, 0.2) is 48.5 Å². The van der Waals surface area contributed by atoms with Crippen LogP contribution in [-0.4, -0.2) is 16.6 Å². The molecule has 0 bridgehead atoms. The Morgan fingerprint density at radius 2 is 1.59 bits per heavy atom. The number of Topliss-reactive ketones (excluding diaryl/α,β-unsaturated/α-hetero) is 2. The molecule has 0 unspecified atom stereocenters. The number of para-hydroxylation sites is 1. The van der Waals surface area contributed by atoms with Crippen molar-refractivity contribution in [2.45, 2.75) is 46.5 Å². The van der Waals surface area contributed by atoms with Crippen molar-refractivity contribution in [2.75, 3.05) is 0 Å². The first kappa shape index (κ1) is 19.0. The Hall–Kier alpha value is -2.81. The minimum Gasteiger partial charge on any atom is -0.294 e. The predicted octanol–water partition coefficient (Wildman–Crippen LogP) is 5.82. The van der Waals surface area contributed by atoms with E-state index in [1.54, 1.807) is 0 Å². The number of benzene rings is 2. The van der Waals surface area contributed by atoms with E-state index in [-0.39, 0.29) is 24.4 Å². The summed E-state index contributed by atoms with van der Waals surface area (Å²) in [5.41, 5.74) is 5.28. The number of carbonyl (C=O) groups excluding carboxylic acids is 2. The molecule has 2 aromatic carbocycles. The molecule has 0 spiro atoms. The van der Waals surface area contributed by atoms with Gasteiger partial charge in [0.15, 0.2) is 11.6 Å². The maximum atomic E-state index is 12.7. The van der Waals surface area contributed by atoms with Crippen LogP contribution in [0.25, 0.3) is 10.9 Å². The molecule has 3 rings (SSSR count). The highest BCUT2D eigenvalue weighted by molar-refractivity contribution is 6.02. The topological polar surface area (TPSA) is 47.0 Å². The number of carbonyl (C=O) groups is 2. The number of ketones is 2. The minimum absolute atomic E-state index is 0.0104. The molecule has 0 fully saturated rings. The summed E-state index contributed by atoms with van der Waals surface area (Å²) in [4.78, 5) is 29.7. The second-order valence-electron chi connectivity index (χ2n) is 7.43. The Morgan fingerprint density at radius 3 is 2.26 bits per heavy atom. The number of aromatic nitrogens is 1. The first-order valence-electron chi connectivity index (χ1n) is 9.40. The monoisotopic (exact) mass is 359 g/mol. The van der Waals surface area contributed by atoms with E-state index in [9.17, 15) is 9.59 Å².